The van der Waals surface area contributed by atoms with E-state index in [1.807, 2.05) is 12.4 Å². The van der Waals surface area contributed by atoms with Gasteiger partial charge in [-0.15, -0.1) is 0 Å². The summed E-state index contributed by atoms with van der Waals surface area (Å²) in [5.41, 5.74) is 7.33. The number of benzene rings is 1. The molecule has 0 spiro atoms. The molecule has 0 fully saturated rings. The second-order valence-electron chi connectivity index (χ2n) is 4.74. The summed E-state index contributed by atoms with van der Waals surface area (Å²) >= 11 is 6.34. The van der Waals surface area contributed by atoms with Crippen molar-refractivity contribution in [3.05, 3.63) is 51.8 Å². The molecule has 0 N–H and O–H groups in total. The van der Waals surface area contributed by atoms with Gasteiger partial charge in [0, 0.05) is 17.4 Å². The molecule has 0 atom stereocenters. The van der Waals surface area contributed by atoms with Crippen molar-refractivity contribution in [1.82, 2.24) is 4.98 Å². The highest BCUT2D eigenvalue weighted by Gasteiger charge is 2.10. The van der Waals surface area contributed by atoms with Crippen LogP contribution < -0.4 is 0 Å². The van der Waals surface area contributed by atoms with E-state index >= 15 is 0 Å². The van der Waals surface area contributed by atoms with E-state index in [1.54, 1.807) is 0 Å². The summed E-state index contributed by atoms with van der Waals surface area (Å²) in [7, 11) is 0. The molecule has 0 saturated heterocycles. The number of rotatable bonds is 2. The fourth-order valence-electron chi connectivity index (χ4n) is 2.40. The van der Waals surface area contributed by atoms with Crippen LogP contribution in [0.4, 0.5) is 0 Å². The third-order valence-electron chi connectivity index (χ3n) is 3.45. The fraction of sp³-hybridized carbons (Fsp3) is 0.312. The van der Waals surface area contributed by atoms with Crippen molar-refractivity contribution >= 4 is 11.6 Å². The number of hydrogen-bond acceptors (Lipinski definition) is 1. The molecular formula is C16H18ClN. The molecule has 18 heavy (non-hydrogen) atoms. The minimum Gasteiger partial charge on any atom is -0.264 e. The van der Waals surface area contributed by atoms with Gasteiger partial charge in [-0.25, -0.2) is 0 Å². The summed E-state index contributed by atoms with van der Waals surface area (Å²) in [4.78, 5) is 4.22. The van der Waals surface area contributed by atoms with Crippen molar-refractivity contribution in [2.45, 2.75) is 34.1 Å². The first-order valence-electron chi connectivity index (χ1n) is 6.25. The van der Waals surface area contributed by atoms with Gasteiger partial charge in [0.25, 0.3) is 0 Å². The Morgan fingerprint density at radius 3 is 2.22 bits per heavy atom. The second-order valence-corrected chi connectivity index (χ2v) is 5.15. The van der Waals surface area contributed by atoms with E-state index in [9.17, 15) is 0 Å². The van der Waals surface area contributed by atoms with E-state index in [0.717, 1.165) is 11.4 Å². The van der Waals surface area contributed by atoms with Gasteiger partial charge in [-0.1, -0.05) is 24.6 Å². The van der Waals surface area contributed by atoms with Crippen molar-refractivity contribution in [2.24, 2.45) is 0 Å². The van der Waals surface area contributed by atoms with Crippen molar-refractivity contribution < 1.29 is 0 Å². The standard InChI is InChI=1S/C16H18ClN/c1-5-13-6-14(7-15(17)12(13)4)16-10(2)8-18-9-11(16)3/h6-9H,5H2,1-4H3. The van der Waals surface area contributed by atoms with Crippen LogP contribution in [0.3, 0.4) is 0 Å². The van der Waals surface area contributed by atoms with E-state index in [-0.39, 0.29) is 0 Å². The highest BCUT2D eigenvalue weighted by atomic mass is 35.5. The zero-order chi connectivity index (χ0) is 13.3. The largest absolute Gasteiger partial charge is 0.264 e. The van der Waals surface area contributed by atoms with E-state index in [1.165, 1.54) is 33.4 Å². The molecule has 0 saturated carbocycles. The van der Waals surface area contributed by atoms with Gasteiger partial charge in [-0.2, -0.15) is 0 Å². The van der Waals surface area contributed by atoms with Crippen molar-refractivity contribution in [3.8, 4) is 11.1 Å². The van der Waals surface area contributed by atoms with Crippen LogP contribution in [0.1, 0.15) is 29.2 Å². The Morgan fingerprint density at radius 2 is 1.67 bits per heavy atom. The van der Waals surface area contributed by atoms with Crippen LogP contribution >= 0.6 is 11.6 Å². The summed E-state index contributed by atoms with van der Waals surface area (Å²) in [5.74, 6) is 0. The number of hydrogen-bond donors (Lipinski definition) is 0. The monoisotopic (exact) mass is 259 g/mol. The summed E-state index contributed by atoms with van der Waals surface area (Å²) in [5, 5.41) is 0.847. The zero-order valence-corrected chi connectivity index (χ0v) is 12.1. The fourth-order valence-corrected chi connectivity index (χ4v) is 2.64. The number of halogens is 1. The minimum absolute atomic E-state index is 0.847. The van der Waals surface area contributed by atoms with Gasteiger partial charge >= 0.3 is 0 Å². The normalized spacial score (nSPS) is 10.7. The first kappa shape index (κ1) is 13.1. The molecule has 1 aromatic heterocycles. The highest BCUT2D eigenvalue weighted by molar-refractivity contribution is 6.31. The maximum absolute atomic E-state index is 6.34. The quantitative estimate of drug-likeness (QED) is 0.748. The third kappa shape index (κ3) is 2.28. The molecule has 0 aliphatic rings. The predicted octanol–water partition coefficient (Wildman–Crippen LogP) is 4.89. The molecule has 1 aromatic carbocycles. The van der Waals surface area contributed by atoms with Crippen molar-refractivity contribution in [2.75, 3.05) is 0 Å². The van der Waals surface area contributed by atoms with Crippen LogP contribution in [-0.2, 0) is 6.42 Å². The lowest BCUT2D eigenvalue weighted by Crippen LogP contribution is -1.94. The number of aryl methyl sites for hydroxylation is 3. The zero-order valence-electron chi connectivity index (χ0n) is 11.3. The Kier molecular flexibility index (Phi) is 3.72. The molecule has 0 aliphatic carbocycles. The van der Waals surface area contributed by atoms with Gasteiger partial charge in [0.15, 0.2) is 0 Å². The van der Waals surface area contributed by atoms with Gasteiger partial charge in [-0.05, 0) is 66.6 Å². The average Bonchev–Trinajstić information content (AvgIpc) is 2.33. The third-order valence-corrected chi connectivity index (χ3v) is 3.84. The lowest BCUT2D eigenvalue weighted by molar-refractivity contribution is 1.11. The second kappa shape index (κ2) is 5.11. The first-order valence-corrected chi connectivity index (χ1v) is 6.63. The SMILES string of the molecule is CCc1cc(-c2c(C)cncc2C)cc(Cl)c1C. The molecule has 0 aliphatic heterocycles. The van der Waals surface area contributed by atoms with Crippen LogP contribution in [0.5, 0.6) is 0 Å². The van der Waals surface area contributed by atoms with Crippen LogP contribution in [0, 0.1) is 20.8 Å². The van der Waals surface area contributed by atoms with Crippen LogP contribution in [0.2, 0.25) is 5.02 Å². The van der Waals surface area contributed by atoms with Gasteiger partial charge < -0.3 is 0 Å². The van der Waals surface area contributed by atoms with Crippen molar-refractivity contribution in [1.29, 1.82) is 0 Å². The average molecular weight is 260 g/mol. The van der Waals surface area contributed by atoms with E-state index in [2.05, 4.69) is 44.8 Å². The molecule has 1 nitrogen and oxygen atoms in total. The Hall–Kier alpha value is -1.34. The van der Waals surface area contributed by atoms with Gasteiger partial charge in [-0.3, -0.25) is 4.98 Å². The lowest BCUT2D eigenvalue weighted by Gasteiger charge is -2.13. The van der Waals surface area contributed by atoms with Gasteiger partial charge in [0.1, 0.15) is 0 Å². The van der Waals surface area contributed by atoms with E-state index < -0.39 is 0 Å². The molecule has 0 radical (unpaired) electrons. The smallest absolute Gasteiger partial charge is 0.0444 e. The molecule has 0 bridgehead atoms. The maximum Gasteiger partial charge on any atom is 0.0444 e. The molecule has 1 heterocycles. The summed E-state index contributed by atoms with van der Waals surface area (Å²) < 4.78 is 0. The molecule has 2 rings (SSSR count). The minimum atomic E-state index is 0.847. The van der Waals surface area contributed by atoms with Crippen LogP contribution in [-0.4, -0.2) is 4.98 Å². The summed E-state index contributed by atoms with van der Waals surface area (Å²) in [6.07, 6.45) is 4.81. The Labute approximate surface area is 114 Å². The van der Waals surface area contributed by atoms with Crippen LogP contribution in [0.15, 0.2) is 24.5 Å². The molecule has 94 valence electrons. The Balaban J connectivity index is 2.68. The van der Waals surface area contributed by atoms with Crippen molar-refractivity contribution in [3.63, 3.8) is 0 Å². The number of pyridine rings is 1. The first-order chi connectivity index (χ1) is 8.54. The van der Waals surface area contributed by atoms with E-state index in [4.69, 9.17) is 11.6 Å². The molecule has 2 heteroatoms. The Morgan fingerprint density at radius 1 is 1.06 bits per heavy atom. The molecule has 2 aromatic rings. The topological polar surface area (TPSA) is 12.9 Å². The van der Waals surface area contributed by atoms with Gasteiger partial charge in [0.05, 0.1) is 0 Å². The summed E-state index contributed by atoms with van der Waals surface area (Å²) in [6.45, 7) is 8.43. The molecule has 0 amide bonds. The van der Waals surface area contributed by atoms with E-state index in [0.29, 0.717) is 0 Å². The predicted molar refractivity (Wildman–Crippen MR) is 78.3 cm³/mol. The number of aromatic nitrogens is 1. The molecule has 0 unspecified atom stereocenters. The Bertz CT molecular complexity index is 568. The molecular weight excluding hydrogens is 242 g/mol. The van der Waals surface area contributed by atoms with Gasteiger partial charge in [0.2, 0.25) is 0 Å². The number of nitrogens with zero attached hydrogens (tertiary/aromatic N) is 1. The van der Waals surface area contributed by atoms with Crippen LogP contribution in [0.25, 0.3) is 11.1 Å². The maximum atomic E-state index is 6.34. The lowest BCUT2D eigenvalue weighted by atomic mass is 9.94. The summed E-state index contributed by atoms with van der Waals surface area (Å²) in [6, 6.07) is 4.31. The highest BCUT2D eigenvalue weighted by Crippen LogP contribution is 2.32.